The molecule has 0 spiro atoms. The van der Waals surface area contributed by atoms with E-state index in [1.165, 1.54) is 10.4 Å². The molecule has 2 N–H and O–H groups in total. The van der Waals surface area contributed by atoms with Crippen LogP contribution in [0.2, 0.25) is 0 Å². The maximum atomic E-state index is 4.95. The van der Waals surface area contributed by atoms with Crippen molar-refractivity contribution in [1.29, 1.82) is 0 Å². The first kappa shape index (κ1) is 7.72. The van der Waals surface area contributed by atoms with E-state index in [1.807, 2.05) is 0 Å². The fourth-order valence-corrected chi connectivity index (χ4v) is 1.78. The Morgan fingerprint density at radius 3 is 3.10 bits per heavy atom. The second kappa shape index (κ2) is 3.71. The van der Waals surface area contributed by atoms with Crippen LogP contribution in [0.4, 0.5) is 0 Å². The Hall–Kier alpha value is -0.380. The van der Waals surface area contributed by atoms with Gasteiger partial charge in [-0.15, -0.1) is 11.3 Å². The van der Waals surface area contributed by atoms with Gasteiger partial charge >= 0.3 is 0 Å². The van der Waals surface area contributed by atoms with Gasteiger partial charge in [-0.1, -0.05) is 6.92 Å². The third kappa shape index (κ3) is 1.56. The SMILES string of the molecule is CCc1ccsc1CON. The zero-order valence-corrected chi connectivity index (χ0v) is 6.78. The molecule has 1 aromatic rings. The van der Waals surface area contributed by atoms with Crippen molar-refractivity contribution in [3.8, 4) is 0 Å². The lowest BCUT2D eigenvalue weighted by atomic mass is 10.2. The van der Waals surface area contributed by atoms with Crippen LogP contribution in [0, 0.1) is 0 Å². The number of nitrogens with two attached hydrogens (primary N) is 1. The van der Waals surface area contributed by atoms with Crippen LogP contribution >= 0.6 is 11.3 Å². The smallest absolute Gasteiger partial charge is 0.102 e. The number of thiophene rings is 1. The normalized spacial score (nSPS) is 10.2. The van der Waals surface area contributed by atoms with Gasteiger partial charge in [-0.05, 0) is 23.4 Å². The van der Waals surface area contributed by atoms with E-state index < -0.39 is 0 Å². The highest BCUT2D eigenvalue weighted by Gasteiger charge is 1.99. The lowest BCUT2D eigenvalue weighted by molar-refractivity contribution is 0.126. The summed E-state index contributed by atoms with van der Waals surface area (Å²) in [5.74, 6) is 4.95. The molecule has 56 valence electrons. The van der Waals surface area contributed by atoms with Crippen molar-refractivity contribution in [3.05, 3.63) is 21.9 Å². The molecule has 0 aromatic carbocycles. The first-order valence-corrected chi connectivity index (χ1v) is 4.13. The summed E-state index contributed by atoms with van der Waals surface area (Å²) in [7, 11) is 0. The maximum Gasteiger partial charge on any atom is 0.102 e. The molecule has 0 saturated carbocycles. The Labute approximate surface area is 64.6 Å². The van der Waals surface area contributed by atoms with E-state index in [0.717, 1.165) is 6.42 Å². The molecular weight excluding hydrogens is 146 g/mol. The van der Waals surface area contributed by atoms with E-state index in [9.17, 15) is 0 Å². The van der Waals surface area contributed by atoms with Crippen molar-refractivity contribution in [2.24, 2.45) is 5.90 Å². The van der Waals surface area contributed by atoms with Crippen LogP contribution in [0.1, 0.15) is 17.4 Å². The number of rotatable bonds is 3. The molecule has 0 fully saturated rings. The van der Waals surface area contributed by atoms with Crippen LogP contribution in [0.15, 0.2) is 11.4 Å². The second-order valence-corrected chi connectivity index (χ2v) is 3.03. The second-order valence-electron chi connectivity index (χ2n) is 2.03. The molecule has 1 rings (SSSR count). The third-order valence-electron chi connectivity index (χ3n) is 1.43. The van der Waals surface area contributed by atoms with E-state index in [-0.39, 0.29) is 0 Å². The minimum atomic E-state index is 0.542. The van der Waals surface area contributed by atoms with Gasteiger partial charge in [-0.3, -0.25) is 4.84 Å². The number of aryl methyl sites for hydroxylation is 1. The monoisotopic (exact) mass is 157 g/mol. The molecule has 0 unspecified atom stereocenters. The summed E-state index contributed by atoms with van der Waals surface area (Å²) in [5, 5.41) is 2.06. The van der Waals surface area contributed by atoms with Crippen LogP contribution in [-0.2, 0) is 17.9 Å². The maximum absolute atomic E-state index is 4.95. The molecule has 0 bridgehead atoms. The molecule has 2 nitrogen and oxygen atoms in total. The number of hydrogen-bond acceptors (Lipinski definition) is 3. The summed E-state index contributed by atoms with van der Waals surface area (Å²) >= 11 is 1.69. The molecular formula is C7H11NOS. The zero-order chi connectivity index (χ0) is 7.40. The molecule has 0 aliphatic heterocycles. The van der Waals surface area contributed by atoms with E-state index >= 15 is 0 Å². The lowest BCUT2D eigenvalue weighted by Crippen LogP contribution is -1.98. The molecule has 1 aromatic heterocycles. The Bertz CT molecular complexity index is 197. The Morgan fingerprint density at radius 1 is 1.70 bits per heavy atom. The summed E-state index contributed by atoms with van der Waals surface area (Å²) in [4.78, 5) is 5.78. The van der Waals surface area contributed by atoms with Gasteiger partial charge < -0.3 is 0 Å². The molecule has 1 heterocycles. The quantitative estimate of drug-likeness (QED) is 0.678. The van der Waals surface area contributed by atoms with Crippen LogP contribution in [-0.4, -0.2) is 0 Å². The minimum Gasteiger partial charge on any atom is -0.299 e. The fraction of sp³-hybridized carbons (Fsp3) is 0.429. The van der Waals surface area contributed by atoms with Gasteiger partial charge in [0.25, 0.3) is 0 Å². The van der Waals surface area contributed by atoms with Crippen LogP contribution in [0.5, 0.6) is 0 Å². The molecule has 0 saturated heterocycles. The van der Waals surface area contributed by atoms with Gasteiger partial charge in [-0.25, -0.2) is 5.90 Å². The van der Waals surface area contributed by atoms with E-state index in [4.69, 9.17) is 5.90 Å². The largest absolute Gasteiger partial charge is 0.299 e. The highest BCUT2D eigenvalue weighted by Crippen LogP contribution is 2.17. The van der Waals surface area contributed by atoms with Crippen molar-refractivity contribution >= 4 is 11.3 Å². The van der Waals surface area contributed by atoms with Crippen molar-refractivity contribution in [3.63, 3.8) is 0 Å². The highest BCUT2D eigenvalue weighted by molar-refractivity contribution is 7.10. The van der Waals surface area contributed by atoms with Crippen molar-refractivity contribution in [2.45, 2.75) is 20.0 Å². The van der Waals surface area contributed by atoms with Gasteiger partial charge in [0.2, 0.25) is 0 Å². The van der Waals surface area contributed by atoms with Crippen molar-refractivity contribution in [1.82, 2.24) is 0 Å². The van der Waals surface area contributed by atoms with Gasteiger partial charge in [-0.2, -0.15) is 0 Å². The van der Waals surface area contributed by atoms with Crippen molar-refractivity contribution < 1.29 is 4.84 Å². The van der Waals surface area contributed by atoms with Crippen LogP contribution in [0.25, 0.3) is 0 Å². The van der Waals surface area contributed by atoms with E-state index in [2.05, 4.69) is 23.2 Å². The predicted octanol–water partition coefficient (Wildman–Crippen LogP) is 1.70. The Kier molecular flexibility index (Phi) is 2.86. The average Bonchev–Trinajstić information content (AvgIpc) is 2.36. The fourth-order valence-electron chi connectivity index (χ4n) is 0.884. The van der Waals surface area contributed by atoms with Gasteiger partial charge in [0, 0.05) is 4.88 Å². The number of hydrogen-bond donors (Lipinski definition) is 1. The topological polar surface area (TPSA) is 35.2 Å². The Morgan fingerprint density at radius 2 is 2.50 bits per heavy atom. The van der Waals surface area contributed by atoms with Gasteiger partial charge in [0.15, 0.2) is 0 Å². The zero-order valence-electron chi connectivity index (χ0n) is 5.96. The Balaban J connectivity index is 2.70. The summed E-state index contributed by atoms with van der Waals surface area (Å²) in [6.45, 7) is 2.67. The molecule has 10 heavy (non-hydrogen) atoms. The first-order valence-electron chi connectivity index (χ1n) is 3.25. The summed E-state index contributed by atoms with van der Waals surface area (Å²) in [6, 6.07) is 2.11. The van der Waals surface area contributed by atoms with E-state index in [1.54, 1.807) is 11.3 Å². The molecule has 0 amide bonds. The molecule has 0 aliphatic carbocycles. The standard InChI is InChI=1S/C7H11NOS/c1-2-6-3-4-10-7(6)5-9-8/h3-4H,2,5,8H2,1H3. The lowest BCUT2D eigenvalue weighted by Gasteiger charge is -1.96. The van der Waals surface area contributed by atoms with E-state index in [0.29, 0.717) is 6.61 Å². The first-order chi connectivity index (χ1) is 4.88. The summed E-state index contributed by atoms with van der Waals surface area (Å²) < 4.78 is 0. The highest BCUT2D eigenvalue weighted by atomic mass is 32.1. The molecule has 0 radical (unpaired) electrons. The van der Waals surface area contributed by atoms with Crippen molar-refractivity contribution in [2.75, 3.05) is 0 Å². The molecule has 3 heteroatoms. The van der Waals surface area contributed by atoms with Crippen LogP contribution < -0.4 is 5.90 Å². The molecule has 0 atom stereocenters. The molecule has 0 aliphatic rings. The summed E-state index contributed by atoms with van der Waals surface area (Å²) in [5.41, 5.74) is 1.34. The average molecular weight is 157 g/mol. The third-order valence-corrected chi connectivity index (χ3v) is 2.37. The minimum absolute atomic E-state index is 0.542. The van der Waals surface area contributed by atoms with Gasteiger partial charge in [0.1, 0.15) is 6.61 Å². The predicted molar refractivity (Wildman–Crippen MR) is 42.7 cm³/mol. The summed E-state index contributed by atoms with van der Waals surface area (Å²) in [6.07, 6.45) is 1.06. The van der Waals surface area contributed by atoms with Gasteiger partial charge in [0.05, 0.1) is 0 Å². The van der Waals surface area contributed by atoms with Crippen LogP contribution in [0.3, 0.4) is 0 Å².